The number of aromatic nitrogens is 2. The number of carbonyl (C=O) groups excluding carboxylic acids is 2. The van der Waals surface area contributed by atoms with E-state index in [-0.39, 0.29) is 11.8 Å². The highest BCUT2D eigenvalue weighted by Gasteiger charge is 2.12. The van der Waals surface area contributed by atoms with E-state index in [0.29, 0.717) is 37.3 Å². The Bertz CT molecular complexity index is 940. The van der Waals surface area contributed by atoms with Gasteiger partial charge in [-0.05, 0) is 30.9 Å². The van der Waals surface area contributed by atoms with Gasteiger partial charge < -0.3 is 10.2 Å². The van der Waals surface area contributed by atoms with Crippen molar-refractivity contribution in [3.63, 3.8) is 0 Å². The maximum atomic E-state index is 12.3. The van der Waals surface area contributed by atoms with E-state index in [4.69, 9.17) is 0 Å². The van der Waals surface area contributed by atoms with Crippen LogP contribution in [0.1, 0.15) is 34.7 Å². The van der Waals surface area contributed by atoms with Crippen molar-refractivity contribution in [1.29, 1.82) is 0 Å². The van der Waals surface area contributed by atoms with Gasteiger partial charge in [0.25, 0.3) is 5.91 Å². The maximum Gasteiger partial charge on any atom is 0.252 e. The third-order valence-corrected chi connectivity index (χ3v) is 4.96. The van der Waals surface area contributed by atoms with E-state index in [0.717, 1.165) is 16.6 Å². The Morgan fingerprint density at radius 2 is 2.00 bits per heavy atom. The Morgan fingerprint density at radius 3 is 2.78 bits per heavy atom. The summed E-state index contributed by atoms with van der Waals surface area (Å²) in [6.45, 7) is 2.79. The van der Waals surface area contributed by atoms with Gasteiger partial charge in [0.05, 0.1) is 12.1 Å². The third kappa shape index (κ3) is 4.89. The fourth-order valence-corrected chi connectivity index (χ4v) is 3.43. The van der Waals surface area contributed by atoms with Crippen molar-refractivity contribution >= 4 is 34.1 Å². The highest BCUT2D eigenvalue weighted by Crippen LogP contribution is 2.15. The first-order chi connectivity index (χ1) is 13.0. The van der Waals surface area contributed by atoms with Gasteiger partial charge in [0.15, 0.2) is 0 Å². The van der Waals surface area contributed by atoms with Crippen LogP contribution < -0.4 is 5.32 Å². The van der Waals surface area contributed by atoms with Crippen molar-refractivity contribution in [2.75, 3.05) is 13.6 Å². The fraction of sp³-hybridized carbons (Fsp3) is 0.300. The molecule has 0 spiro atoms. The quantitative estimate of drug-likeness (QED) is 0.637. The molecule has 0 saturated carbocycles. The SMILES string of the molecule is Cc1nc(CN(C)C(=O)CCCNC(=O)c2ccsc2)nc2ccccc12. The molecule has 0 aliphatic carbocycles. The second kappa shape index (κ2) is 8.73. The van der Waals surface area contributed by atoms with Gasteiger partial charge >= 0.3 is 0 Å². The molecular formula is C20H22N4O2S. The standard InChI is InChI=1S/C20H22N4O2S/c1-14-16-6-3-4-7-17(16)23-18(22-14)12-24(2)19(25)8-5-10-21-20(26)15-9-11-27-13-15/h3-4,6-7,9,11,13H,5,8,10,12H2,1-2H3,(H,21,26). The zero-order valence-electron chi connectivity index (χ0n) is 15.4. The zero-order valence-corrected chi connectivity index (χ0v) is 16.3. The lowest BCUT2D eigenvalue weighted by Crippen LogP contribution is -2.29. The molecular weight excluding hydrogens is 360 g/mol. The average molecular weight is 382 g/mol. The topological polar surface area (TPSA) is 75.2 Å². The van der Waals surface area contributed by atoms with Crippen molar-refractivity contribution in [2.45, 2.75) is 26.3 Å². The number of carbonyl (C=O) groups is 2. The molecule has 7 heteroatoms. The van der Waals surface area contributed by atoms with Gasteiger partial charge in [-0.1, -0.05) is 18.2 Å². The first-order valence-electron chi connectivity index (χ1n) is 8.81. The number of hydrogen-bond acceptors (Lipinski definition) is 5. The van der Waals surface area contributed by atoms with Crippen molar-refractivity contribution in [2.24, 2.45) is 0 Å². The van der Waals surface area contributed by atoms with Crippen LogP contribution in [-0.4, -0.2) is 40.3 Å². The first kappa shape index (κ1) is 19.0. The molecule has 0 saturated heterocycles. The molecule has 0 fully saturated rings. The molecule has 2 aromatic heterocycles. The van der Waals surface area contributed by atoms with Crippen molar-refractivity contribution in [3.05, 3.63) is 58.2 Å². The van der Waals surface area contributed by atoms with E-state index in [9.17, 15) is 9.59 Å². The van der Waals surface area contributed by atoms with Gasteiger partial charge in [0.1, 0.15) is 5.82 Å². The summed E-state index contributed by atoms with van der Waals surface area (Å²) >= 11 is 1.48. The van der Waals surface area contributed by atoms with Crippen molar-refractivity contribution in [3.8, 4) is 0 Å². The molecule has 0 radical (unpaired) electrons. The van der Waals surface area contributed by atoms with Crippen LogP contribution in [0.4, 0.5) is 0 Å². The van der Waals surface area contributed by atoms with Crippen LogP contribution >= 0.6 is 11.3 Å². The van der Waals surface area contributed by atoms with E-state index in [1.54, 1.807) is 23.4 Å². The number of benzene rings is 1. The lowest BCUT2D eigenvalue weighted by atomic mass is 10.2. The van der Waals surface area contributed by atoms with Crippen molar-refractivity contribution in [1.82, 2.24) is 20.2 Å². The van der Waals surface area contributed by atoms with Crippen LogP contribution in [0, 0.1) is 6.92 Å². The zero-order chi connectivity index (χ0) is 19.2. The normalized spacial score (nSPS) is 10.7. The number of thiophene rings is 1. The predicted octanol–water partition coefficient (Wildman–Crippen LogP) is 3.17. The lowest BCUT2D eigenvalue weighted by molar-refractivity contribution is -0.130. The summed E-state index contributed by atoms with van der Waals surface area (Å²) in [4.78, 5) is 34.9. The van der Waals surface area contributed by atoms with E-state index < -0.39 is 0 Å². The number of nitrogens with zero attached hydrogens (tertiary/aromatic N) is 3. The van der Waals surface area contributed by atoms with Crippen LogP contribution in [0.15, 0.2) is 41.1 Å². The Hall–Kier alpha value is -2.80. The smallest absolute Gasteiger partial charge is 0.252 e. The summed E-state index contributed by atoms with van der Waals surface area (Å²) in [5, 5.41) is 7.52. The third-order valence-electron chi connectivity index (χ3n) is 4.28. The Balaban J connectivity index is 1.48. The molecule has 0 aliphatic rings. The summed E-state index contributed by atoms with van der Waals surface area (Å²) in [7, 11) is 1.75. The Labute approximate surface area is 162 Å². The van der Waals surface area contributed by atoms with Crippen molar-refractivity contribution < 1.29 is 9.59 Å². The van der Waals surface area contributed by atoms with Crippen LogP contribution in [-0.2, 0) is 11.3 Å². The number of aryl methyl sites for hydroxylation is 1. The Morgan fingerprint density at radius 1 is 1.19 bits per heavy atom. The minimum Gasteiger partial charge on any atom is -0.352 e. The molecule has 0 bridgehead atoms. The number of rotatable bonds is 7. The number of para-hydroxylation sites is 1. The molecule has 6 nitrogen and oxygen atoms in total. The molecule has 140 valence electrons. The molecule has 2 amide bonds. The van der Waals surface area contributed by atoms with Gasteiger partial charge in [0, 0.05) is 42.0 Å². The number of hydrogen-bond donors (Lipinski definition) is 1. The van der Waals surface area contributed by atoms with Crippen LogP contribution in [0.5, 0.6) is 0 Å². The Kier molecular flexibility index (Phi) is 6.13. The van der Waals surface area contributed by atoms with Crippen LogP contribution in [0.25, 0.3) is 10.9 Å². The molecule has 1 N–H and O–H groups in total. The molecule has 2 heterocycles. The highest BCUT2D eigenvalue weighted by atomic mass is 32.1. The molecule has 0 aliphatic heterocycles. The van der Waals surface area contributed by atoms with Gasteiger partial charge in [-0.3, -0.25) is 9.59 Å². The summed E-state index contributed by atoms with van der Waals surface area (Å²) in [5.74, 6) is 0.541. The minimum absolute atomic E-state index is 0.00851. The molecule has 1 aromatic carbocycles. The van der Waals surface area contributed by atoms with Crippen LogP contribution in [0.2, 0.25) is 0 Å². The van der Waals surface area contributed by atoms with E-state index in [1.165, 1.54) is 11.3 Å². The summed E-state index contributed by atoms with van der Waals surface area (Å²) in [6.07, 6.45) is 0.962. The predicted molar refractivity (Wildman–Crippen MR) is 107 cm³/mol. The van der Waals surface area contributed by atoms with Gasteiger partial charge in [-0.2, -0.15) is 11.3 Å². The average Bonchev–Trinajstić information content (AvgIpc) is 3.19. The summed E-state index contributed by atoms with van der Waals surface area (Å²) in [5.41, 5.74) is 2.46. The second-order valence-corrected chi connectivity index (χ2v) is 7.14. The molecule has 27 heavy (non-hydrogen) atoms. The number of nitrogens with one attached hydrogen (secondary N) is 1. The molecule has 3 rings (SSSR count). The van der Waals surface area contributed by atoms with E-state index in [1.807, 2.05) is 36.6 Å². The molecule has 3 aromatic rings. The second-order valence-electron chi connectivity index (χ2n) is 6.36. The van der Waals surface area contributed by atoms with E-state index >= 15 is 0 Å². The summed E-state index contributed by atoms with van der Waals surface area (Å²) in [6, 6.07) is 9.63. The number of amides is 2. The lowest BCUT2D eigenvalue weighted by Gasteiger charge is -2.17. The number of fused-ring (bicyclic) bond motifs is 1. The maximum absolute atomic E-state index is 12.3. The largest absolute Gasteiger partial charge is 0.352 e. The van der Waals surface area contributed by atoms with Gasteiger partial charge in [-0.25, -0.2) is 9.97 Å². The van der Waals surface area contributed by atoms with Gasteiger partial charge in [-0.15, -0.1) is 0 Å². The fourth-order valence-electron chi connectivity index (χ4n) is 2.79. The molecule has 0 atom stereocenters. The van der Waals surface area contributed by atoms with Gasteiger partial charge in [0.2, 0.25) is 5.91 Å². The first-order valence-corrected chi connectivity index (χ1v) is 9.75. The minimum atomic E-state index is -0.0999. The van der Waals surface area contributed by atoms with Crippen LogP contribution in [0.3, 0.4) is 0 Å². The molecule has 0 unspecified atom stereocenters. The summed E-state index contributed by atoms with van der Waals surface area (Å²) < 4.78 is 0. The highest BCUT2D eigenvalue weighted by molar-refractivity contribution is 7.08. The monoisotopic (exact) mass is 382 g/mol. The van der Waals surface area contributed by atoms with E-state index in [2.05, 4.69) is 15.3 Å².